The summed E-state index contributed by atoms with van der Waals surface area (Å²) in [5.41, 5.74) is 0. The third kappa shape index (κ3) is 67.3. The molecule has 9 nitrogen and oxygen atoms in total. The normalized spacial score (nSPS) is 13.4. The monoisotopic (exact) mass is 1190 g/mol. The molecule has 0 aliphatic heterocycles. The van der Waals surface area contributed by atoms with E-state index in [1.807, 2.05) is 21.1 Å². The summed E-state index contributed by atoms with van der Waals surface area (Å²) in [5.74, 6) is -2.28. The molecule has 0 aromatic rings. The maximum absolute atomic E-state index is 12.9. The van der Waals surface area contributed by atoms with Crippen molar-refractivity contribution in [3.63, 3.8) is 0 Å². The van der Waals surface area contributed by atoms with E-state index in [1.54, 1.807) is 0 Å². The Morgan fingerprint density at radius 1 is 0.365 bits per heavy atom. The Balaban J connectivity index is 4.12. The minimum atomic E-state index is -1.63. The number of nitrogens with zero attached hydrogens (tertiary/aromatic N) is 1. The molecule has 85 heavy (non-hydrogen) atoms. The summed E-state index contributed by atoms with van der Waals surface area (Å²) in [4.78, 5) is 37.5. The summed E-state index contributed by atoms with van der Waals surface area (Å²) in [6.45, 7) is 4.66. The highest BCUT2D eigenvalue weighted by molar-refractivity contribution is 5.70. The summed E-state index contributed by atoms with van der Waals surface area (Å²) in [6, 6.07) is 0. The van der Waals surface area contributed by atoms with E-state index in [2.05, 4.69) is 123 Å². The first-order chi connectivity index (χ1) is 41.6. The molecule has 0 spiro atoms. The van der Waals surface area contributed by atoms with Crippen LogP contribution in [0.1, 0.15) is 296 Å². The van der Waals surface area contributed by atoms with Crippen molar-refractivity contribution in [2.45, 2.75) is 309 Å². The summed E-state index contributed by atoms with van der Waals surface area (Å²) >= 11 is 0. The van der Waals surface area contributed by atoms with E-state index in [1.165, 1.54) is 161 Å². The molecule has 0 amide bonds. The van der Waals surface area contributed by atoms with Crippen molar-refractivity contribution in [2.75, 3.05) is 47.5 Å². The van der Waals surface area contributed by atoms with Crippen LogP contribution in [-0.2, 0) is 33.3 Å². The van der Waals surface area contributed by atoms with Crippen molar-refractivity contribution in [1.29, 1.82) is 0 Å². The van der Waals surface area contributed by atoms with Crippen LogP contribution in [0.25, 0.3) is 0 Å². The van der Waals surface area contributed by atoms with Gasteiger partial charge in [0, 0.05) is 12.8 Å². The first-order valence-corrected chi connectivity index (χ1v) is 35.0. The topological polar surface area (TPSA) is 111 Å². The Hall–Kier alpha value is -4.05. The summed E-state index contributed by atoms with van der Waals surface area (Å²) in [7, 11) is 5.93. The van der Waals surface area contributed by atoms with Crippen molar-refractivity contribution in [1.82, 2.24) is 0 Å². The second kappa shape index (κ2) is 65.9. The van der Waals surface area contributed by atoms with Gasteiger partial charge in [0.05, 0.1) is 40.3 Å². The molecule has 2 unspecified atom stereocenters. The van der Waals surface area contributed by atoms with Crippen molar-refractivity contribution in [3.8, 4) is 0 Å². The molecule has 0 saturated carbocycles. The van der Waals surface area contributed by atoms with Crippen molar-refractivity contribution in [2.24, 2.45) is 0 Å². The Labute approximate surface area is 524 Å². The standard InChI is InChI=1S/C76H131NO8/c1-6-8-10-12-14-16-18-20-22-24-26-28-29-30-31-32-33-34-35-36-37-38-39-40-41-42-43-44-45-47-49-51-53-55-57-59-61-63-65-67-74(79)85-72(71-84-76(75(80)81)82-69-68-77(3,4)5)70-83-73(78)66-64-62-60-58-56-54-52-50-48-46-27-25-23-21-19-17-15-13-11-9-7-2/h8,10,14,16,20,22,26,28,30-31,33-34,36-37,39-40,42-43,72,76H,6-7,9,11-13,15,17-19,21,23-25,27,29,32,35,38,41,44-71H2,1-5H3/b10-8-,16-14-,22-20-,28-26-,31-30-,34-33-,37-36-,40-39-,43-42-. The summed E-state index contributed by atoms with van der Waals surface area (Å²) < 4.78 is 22.8. The number of hydrogen-bond acceptors (Lipinski definition) is 8. The Bertz CT molecular complexity index is 1760. The molecule has 0 N–H and O–H groups in total. The molecule has 0 heterocycles. The van der Waals surface area contributed by atoms with E-state index in [0.29, 0.717) is 23.9 Å². The van der Waals surface area contributed by atoms with E-state index >= 15 is 0 Å². The number of aliphatic carboxylic acids is 1. The maximum atomic E-state index is 12.9. The highest BCUT2D eigenvalue weighted by atomic mass is 16.7. The van der Waals surface area contributed by atoms with Crippen LogP contribution in [-0.4, -0.2) is 82.3 Å². The average molecular weight is 1190 g/mol. The number of allylic oxidation sites excluding steroid dienone is 18. The lowest BCUT2D eigenvalue weighted by Gasteiger charge is -2.26. The average Bonchev–Trinajstić information content (AvgIpc) is 3.49. The molecule has 488 valence electrons. The van der Waals surface area contributed by atoms with E-state index < -0.39 is 24.3 Å². The lowest BCUT2D eigenvalue weighted by molar-refractivity contribution is -0.870. The van der Waals surface area contributed by atoms with Crippen molar-refractivity contribution in [3.05, 3.63) is 109 Å². The van der Waals surface area contributed by atoms with Crippen LogP contribution in [0.15, 0.2) is 109 Å². The predicted molar refractivity (Wildman–Crippen MR) is 361 cm³/mol. The zero-order chi connectivity index (χ0) is 61.9. The molecule has 0 aromatic carbocycles. The van der Waals surface area contributed by atoms with Gasteiger partial charge in [-0.3, -0.25) is 9.59 Å². The molecule has 2 atom stereocenters. The van der Waals surface area contributed by atoms with Gasteiger partial charge in [-0.15, -0.1) is 0 Å². The number of unbranched alkanes of at least 4 members (excludes halogenated alkanes) is 31. The predicted octanol–water partition coefficient (Wildman–Crippen LogP) is 20.5. The SMILES string of the molecule is CC/C=C\C/C=C\C/C=C\C/C=C\C/C=C\C/C=C\C/C=C\C/C=C\C/C=C\CCCCCCCCCCCCCC(=O)OC(COC(=O)CCCCCCCCCCCCCCCCCCCCCCC)COC(OCC[N+](C)(C)C)C(=O)[O-]. The minimum absolute atomic E-state index is 0.145. The number of likely N-dealkylation sites (N-methyl/N-ethyl adjacent to an activating group) is 1. The first kappa shape index (κ1) is 81.0. The highest BCUT2D eigenvalue weighted by Crippen LogP contribution is 2.17. The van der Waals surface area contributed by atoms with Crippen LogP contribution < -0.4 is 5.11 Å². The van der Waals surface area contributed by atoms with Gasteiger partial charge >= 0.3 is 11.9 Å². The van der Waals surface area contributed by atoms with Gasteiger partial charge in [0.25, 0.3) is 0 Å². The Kier molecular flexibility index (Phi) is 62.8. The van der Waals surface area contributed by atoms with Crippen LogP contribution in [0.4, 0.5) is 0 Å². The number of carboxylic acids is 1. The number of quaternary nitrogens is 1. The molecule has 9 heteroatoms. The lowest BCUT2D eigenvalue weighted by atomic mass is 10.0. The van der Waals surface area contributed by atoms with E-state index in [-0.39, 0.29) is 32.2 Å². The molecule has 0 bridgehead atoms. The van der Waals surface area contributed by atoms with Gasteiger partial charge in [0.1, 0.15) is 13.2 Å². The molecule has 0 aliphatic rings. The number of carbonyl (C=O) groups excluding carboxylic acids is 3. The molecular weight excluding hydrogens is 1050 g/mol. The summed E-state index contributed by atoms with van der Waals surface area (Å²) in [5, 5.41) is 11.8. The fourth-order valence-corrected chi connectivity index (χ4v) is 9.71. The third-order valence-corrected chi connectivity index (χ3v) is 15.0. The third-order valence-electron chi connectivity index (χ3n) is 15.0. The second-order valence-corrected chi connectivity index (χ2v) is 24.4. The van der Waals surface area contributed by atoms with Gasteiger partial charge in [-0.2, -0.15) is 0 Å². The largest absolute Gasteiger partial charge is 0.545 e. The summed E-state index contributed by atoms with van der Waals surface area (Å²) in [6.07, 6.45) is 88.8. The van der Waals surface area contributed by atoms with Crippen LogP contribution >= 0.6 is 0 Å². The highest BCUT2D eigenvalue weighted by Gasteiger charge is 2.22. The van der Waals surface area contributed by atoms with Gasteiger partial charge in [-0.05, 0) is 83.5 Å². The molecule has 0 radical (unpaired) electrons. The van der Waals surface area contributed by atoms with Crippen molar-refractivity contribution >= 4 is 17.9 Å². The number of carbonyl (C=O) groups is 3. The van der Waals surface area contributed by atoms with Crippen LogP contribution in [0, 0.1) is 0 Å². The number of carboxylic acid groups (broad SMARTS) is 1. The lowest BCUT2D eigenvalue weighted by Crippen LogP contribution is -2.44. The fourth-order valence-electron chi connectivity index (χ4n) is 9.71. The molecule has 0 aromatic heterocycles. The van der Waals surface area contributed by atoms with Gasteiger partial charge in [0.2, 0.25) is 0 Å². The zero-order valence-corrected chi connectivity index (χ0v) is 55.7. The molecule has 0 fully saturated rings. The van der Waals surface area contributed by atoms with Crippen LogP contribution in [0.2, 0.25) is 0 Å². The first-order valence-electron chi connectivity index (χ1n) is 35.0. The molecule has 0 aliphatic carbocycles. The van der Waals surface area contributed by atoms with E-state index in [9.17, 15) is 19.5 Å². The number of esters is 2. The van der Waals surface area contributed by atoms with E-state index in [4.69, 9.17) is 18.9 Å². The van der Waals surface area contributed by atoms with Gasteiger partial charge in [-0.1, -0.05) is 309 Å². The number of ether oxygens (including phenoxy) is 4. The Morgan fingerprint density at radius 3 is 1.00 bits per heavy atom. The molecule has 0 saturated heterocycles. The van der Waals surface area contributed by atoms with Crippen LogP contribution in [0.3, 0.4) is 0 Å². The van der Waals surface area contributed by atoms with Gasteiger partial charge in [-0.25, -0.2) is 0 Å². The maximum Gasteiger partial charge on any atom is 0.306 e. The number of hydrogen-bond donors (Lipinski definition) is 0. The zero-order valence-electron chi connectivity index (χ0n) is 55.7. The quantitative estimate of drug-likeness (QED) is 0.0195. The fraction of sp³-hybridized carbons (Fsp3) is 0.724. The van der Waals surface area contributed by atoms with Crippen molar-refractivity contribution < 1.29 is 42.9 Å². The van der Waals surface area contributed by atoms with Gasteiger partial charge < -0.3 is 33.3 Å². The number of rotatable bonds is 64. The van der Waals surface area contributed by atoms with Crippen LogP contribution in [0.5, 0.6) is 0 Å². The molecule has 0 rings (SSSR count). The minimum Gasteiger partial charge on any atom is -0.545 e. The van der Waals surface area contributed by atoms with Gasteiger partial charge in [0.15, 0.2) is 12.4 Å². The Morgan fingerprint density at radius 2 is 0.671 bits per heavy atom. The molecular formula is C76H131NO8. The second-order valence-electron chi connectivity index (χ2n) is 24.4. The smallest absolute Gasteiger partial charge is 0.306 e. The van der Waals surface area contributed by atoms with E-state index in [0.717, 1.165) is 103 Å².